The van der Waals surface area contributed by atoms with Gasteiger partial charge in [0.15, 0.2) is 0 Å². The Morgan fingerprint density at radius 3 is 2.07 bits per heavy atom. The normalized spacial score (nSPS) is 11.6. The first-order valence-corrected chi connectivity index (χ1v) is 10.7. The van der Waals surface area contributed by atoms with Gasteiger partial charge in [-0.05, 0) is 56.0 Å². The molecular weight excluding hydrogens is 360 g/mol. The Bertz CT molecular complexity index is 881. The molecule has 6 heteroatoms. The summed E-state index contributed by atoms with van der Waals surface area (Å²) in [5, 5.41) is 2.91. The molecule has 27 heavy (non-hydrogen) atoms. The Hall–Kier alpha value is -2.18. The van der Waals surface area contributed by atoms with Gasteiger partial charge in [0.05, 0.1) is 4.90 Å². The Morgan fingerprint density at radius 1 is 0.963 bits per heavy atom. The first kappa shape index (κ1) is 21.1. The molecule has 0 spiro atoms. The van der Waals surface area contributed by atoms with Crippen molar-refractivity contribution in [2.45, 2.75) is 45.4 Å². The van der Waals surface area contributed by atoms with E-state index < -0.39 is 10.0 Å². The highest BCUT2D eigenvalue weighted by molar-refractivity contribution is 7.89. The number of anilines is 1. The number of hydrogen-bond acceptors (Lipinski definition) is 3. The molecule has 2 aromatic rings. The second-order valence-electron chi connectivity index (χ2n) is 6.65. The minimum absolute atomic E-state index is 0.151. The van der Waals surface area contributed by atoms with E-state index in [1.165, 1.54) is 10.4 Å². The van der Waals surface area contributed by atoms with Crippen LogP contribution in [-0.4, -0.2) is 31.7 Å². The topological polar surface area (TPSA) is 66.5 Å². The summed E-state index contributed by atoms with van der Waals surface area (Å²) in [7, 11) is -3.62. The molecule has 0 aliphatic heterocycles. The quantitative estimate of drug-likeness (QED) is 0.730. The molecule has 1 N–H and O–H groups in total. The van der Waals surface area contributed by atoms with Gasteiger partial charge in [0.25, 0.3) is 5.91 Å². The lowest BCUT2D eigenvalue weighted by Gasteiger charge is -2.21. The van der Waals surface area contributed by atoms with Crippen LogP contribution in [0.5, 0.6) is 0 Å². The summed E-state index contributed by atoms with van der Waals surface area (Å²) in [5.74, 6) is -0.318. The molecule has 2 aromatic carbocycles. The highest BCUT2D eigenvalue weighted by atomic mass is 32.2. The third-order valence-electron chi connectivity index (χ3n) is 4.40. The summed E-state index contributed by atoms with van der Waals surface area (Å²) in [6.45, 7) is 8.69. The van der Waals surface area contributed by atoms with E-state index in [0.29, 0.717) is 18.7 Å². The molecule has 0 aliphatic carbocycles. The van der Waals surface area contributed by atoms with E-state index in [0.717, 1.165) is 29.7 Å². The SMILES string of the molecule is CCCN(CCC)S(=O)(=O)c1cccc(C(=O)Nc2c(C)cccc2C)c1. The lowest BCUT2D eigenvalue weighted by molar-refractivity contribution is 0.102. The van der Waals surface area contributed by atoms with Crippen molar-refractivity contribution in [2.24, 2.45) is 0 Å². The van der Waals surface area contributed by atoms with Crippen molar-refractivity contribution in [1.82, 2.24) is 4.31 Å². The molecule has 5 nitrogen and oxygen atoms in total. The molecule has 0 unspecified atom stereocenters. The Kier molecular flexibility index (Phi) is 7.16. The van der Waals surface area contributed by atoms with Gasteiger partial charge in [-0.15, -0.1) is 0 Å². The molecule has 0 aromatic heterocycles. The van der Waals surface area contributed by atoms with Crippen LogP contribution in [0.25, 0.3) is 0 Å². The maximum absolute atomic E-state index is 12.9. The number of carbonyl (C=O) groups excluding carboxylic acids is 1. The second-order valence-corrected chi connectivity index (χ2v) is 8.59. The van der Waals surface area contributed by atoms with Gasteiger partial charge in [0.1, 0.15) is 0 Å². The number of nitrogens with zero attached hydrogens (tertiary/aromatic N) is 1. The third kappa shape index (κ3) is 4.96. The molecule has 0 fully saturated rings. The summed E-state index contributed by atoms with van der Waals surface area (Å²) < 4.78 is 27.4. The Labute approximate surface area is 162 Å². The average molecular weight is 389 g/mol. The maximum Gasteiger partial charge on any atom is 0.255 e. The van der Waals surface area contributed by atoms with E-state index in [1.807, 2.05) is 45.9 Å². The molecule has 0 atom stereocenters. The first-order valence-electron chi connectivity index (χ1n) is 9.29. The summed E-state index contributed by atoms with van der Waals surface area (Å²) in [6.07, 6.45) is 1.48. The van der Waals surface area contributed by atoms with Crippen LogP contribution in [0.4, 0.5) is 5.69 Å². The van der Waals surface area contributed by atoms with Crippen molar-refractivity contribution in [3.8, 4) is 0 Å². The predicted octanol–water partition coefficient (Wildman–Crippen LogP) is 4.37. The second kappa shape index (κ2) is 9.15. The number of carbonyl (C=O) groups is 1. The first-order chi connectivity index (χ1) is 12.8. The van der Waals surface area contributed by atoms with Crippen molar-refractivity contribution in [3.63, 3.8) is 0 Å². The van der Waals surface area contributed by atoms with Crippen LogP contribution in [0.3, 0.4) is 0 Å². The molecule has 0 saturated carbocycles. The molecule has 0 saturated heterocycles. The number of aryl methyl sites for hydroxylation is 2. The van der Waals surface area contributed by atoms with Gasteiger partial charge in [0, 0.05) is 24.3 Å². The van der Waals surface area contributed by atoms with Crippen LogP contribution in [0.1, 0.15) is 48.2 Å². The molecule has 1 amide bonds. The molecule has 0 heterocycles. The van der Waals surface area contributed by atoms with E-state index in [9.17, 15) is 13.2 Å². The van der Waals surface area contributed by atoms with Gasteiger partial charge < -0.3 is 5.32 Å². The van der Waals surface area contributed by atoms with Crippen LogP contribution >= 0.6 is 0 Å². The van der Waals surface area contributed by atoms with Crippen LogP contribution in [-0.2, 0) is 10.0 Å². The minimum atomic E-state index is -3.62. The number of amides is 1. The number of hydrogen-bond donors (Lipinski definition) is 1. The van der Waals surface area contributed by atoms with Crippen molar-refractivity contribution < 1.29 is 13.2 Å². The summed E-state index contributed by atoms with van der Waals surface area (Å²) in [6, 6.07) is 12.0. The van der Waals surface area contributed by atoms with Gasteiger partial charge in [-0.25, -0.2) is 8.42 Å². The van der Waals surface area contributed by atoms with E-state index in [4.69, 9.17) is 0 Å². The van der Waals surface area contributed by atoms with Crippen molar-refractivity contribution >= 4 is 21.6 Å². The Balaban J connectivity index is 2.32. The van der Waals surface area contributed by atoms with E-state index in [1.54, 1.807) is 18.2 Å². The zero-order valence-electron chi connectivity index (χ0n) is 16.5. The third-order valence-corrected chi connectivity index (χ3v) is 6.29. The summed E-state index contributed by atoms with van der Waals surface area (Å²) in [5.41, 5.74) is 3.01. The van der Waals surface area contributed by atoms with Gasteiger partial charge >= 0.3 is 0 Å². The minimum Gasteiger partial charge on any atom is -0.322 e. The molecule has 0 radical (unpaired) electrons. The molecular formula is C21H28N2O3S. The molecule has 0 aliphatic rings. The smallest absolute Gasteiger partial charge is 0.255 e. The van der Waals surface area contributed by atoms with E-state index in [2.05, 4.69) is 5.32 Å². The lowest BCUT2D eigenvalue weighted by Crippen LogP contribution is -2.32. The van der Waals surface area contributed by atoms with Gasteiger partial charge in [0.2, 0.25) is 10.0 Å². The fraction of sp³-hybridized carbons (Fsp3) is 0.381. The number of nitrogens with one attached hydrogen (secondary N) is 1. The largest absolute Gasteiger partial charge is 0.322 e. The monoisotopic (exact) mass is 388 g/mol. The number of para-hydroxylation sites is 1. The fourth-order valence-corrected chi connectivity index (χ4v) is 4.67. The molecule has 0 bridgehead atoms. The molecule has 2 rings (SSSR count). The summed E-state index contributed by atoms with van der Waals surface area (Å²) >= 11 is 0. The van der Waals surface area contributed by atoms with Gasteiger partial charge in [-0.3, -0.25) is 4.79 Å². The summed E-state index contributed by atoms with van der Waals surface area (Å²) in [4.78, 5) is 12.9. The van der Waals surface area contributed by atoms with Crippen molar-refractivity contribution in [3.05, 3.63) is 59.2 Å². The van der Waals surface area contributed by atoms with E-state index in [-0.39, 0.29) is 10.8 Å². The highest BCUT2D eigenvalue weighted by Crippen LogP contribution is 2.22. The number of rotatable bonds is 8. The predicted molar refractivity (Wildman–Crippen MR) is 110 cm³/mol. The van der Waals surface area contributed by atoms with Crippen molar-refractivity contribution in [2.75, 3.05) is 18.4 Å². The van der Waals surface area contributed by atoms with Crippen LogP contribution in [0, 0.1) is 13.8 Å². The van der Waals surface area contributed by atoms with Crippen LogP contribution < -0.4 is 5.32 Å². The maximum atomic E-state index is 12.9. The zero-order chi connectivity index (χ0) is 20.0. The van der Waals surface area contributed by atoms with Gasteiger partial charge in [-0.2, -0.15) is 4.31 Å². The van der Waals surface area contributed by atoms with Crippen LogP contribution in [0.15, 0.2) is 47.4 Å². The fourth-order valence-electron chi connectivity index (χ4n) is 3.00. The number of benzene rings is 2. The molecule has 146 valence electrons. The highest BCUT2D eigenvalue weighted by Gasteiger charge is 2.24. The lowest BCUT2D eigenvalue weighted by atomic mass is 10.1. The average Bonchev–Trinajstić information content (AvgIpc) is 2.64. The zero-order valence-corrected chi connectivity index (χ0v) is 17.3. The van der Waals surface area contributed by atoms with Crippen molar-refractivity contribution in [1.29, 1.82) is 0 Å². The Morgan fingerprint density at radius 2 is 1.52 bits per heavy atom. The van der Waals surface area contributed by atoms with Gasteiger partial charge in [-0.1, -0.05) is 38.1 Å². The standard InChI is InChI=1S/C21H28N2O3S/c1-5-13-23(14-6-2)27(25,26)19-12-8-11-18(15-19)21(24)22-20-16(3)9-7-10-17(20)4/h7-12,15H,5-6,13-14H2,1-4H3,(H,22,24). The number of sulfonamides is 1. The van der Waals surface area contributed by atoms with Crippen LogP contribution in [0.2, 0.25) is 0 Å². The van der Waals surface area contributed by atoms with E-state index >= 15 is 0 Å².